The van der Waals surface area contributed by atoms with Gasteiger partial charge in [-0.2, -0.15) is 0 Å². The molecule has 0 N–H and O–H groups in total. The van der Waals surface area contributed by atoms with E-state index in [9.17, 15) is 0 Å². The van der Waals surface area contributed by atoms with Gasteiger partial charge < -0.3 is 8.97 Å². The zero-order chi connectivity index (χ0) is 26.8. The molecule has 0 spiro atoms. The fourth-order valence-corrected chi connectivity index (χ4v) is 6.13. The molecule has 0 saturated carbocycles. The smallest absolute Gasteiger partial charge is 0.0782 e. The lowest BCUT2D eigenvalue weighted by Gasteiger charge is -2.36. The monoisotopic (exact) mass is 498 g/mol. The minimum Gasteiger partial charge on any atom is -0.329 e. The summed E-state index contributed by atoms with van der Waals surface area (Å²) in [6.07, 6.45) is 4.92. The van der Waals surface area contributed by atoms with Crippen molar-refractivity contribution in [3.05, 3.63) is 82.9 Å². The first kappa shape index (κ1) is 27.6. The highest BCUT2D eigenvalue weighted by atomic mass is 15.3. The molecule has 0 radical (unpaired) electrons. The maximum absolute atomic E-state index is 2.55. The lowest BCUT2D eigenvalue weighted by atomic mass is 9.70. The van der Waals surface area contributed by atoms with Gasteiger partial charge in [0.1, 0.15) is 0 Å². The molecule has 0 heterocycles. The van der Waals surface area contributed by atoms with Gasteiger partial charge in [-0.3, -0.25) is 0 Å². The molecule has 3 aromatic carbocycles. The zero-order valence-corrected chi connectivity index (χ0v) is 24.8. The van der Waals surface area contributed by atoms with Gasteiger partial charge in [0.25, 0.3) is 0 Å². The number of hydrogen-bond donors (Lipinski definition) is 0. The molecule has 2 nitrogen and oxygen atoms in total. The van der Waals surface area contributed by atoms with Crippen LogP contribution < -0.4 is 0 Å². The van der Waals surface area contributed by atoms with Crippen LogP contribution in [0.5, 0.6) is 0 Å². The molecule has 0 amide bonds. The highest BCUT2D eigenvalue weighted by Crippen LogP contribution is 2.55. The highest BCUT2D eigenvalue weighted by molar-refractivity contribution is 5.84. The molecule has 198 valence electrons. The van der Waals surface area contributed by atoms with Gasteiger partial charge in [-0.25, -0.2) is 0 Å². The van der Waals surface area contributed by atoms with Crippen molar-refractivity contribution in [3.63, 3.8) is 0 Å². The standard InChI is InChI=1S/C35H50N2/c1-9-36(5,6)23-11-21-35(22-12-24-37(7,8)10-2)33-25-28(4)15-19-31(33)32-20-18-30(26-34(32)35)29-16-13-27(3)14-17-29/h13-20,25-26H,9-12,21-24H2,1-8H3/q+2. The molecule has 0 bridgehead atoms. The van der Waals surface area contributed by atoms with E-state index < -0.39 is 0 Å². The van der Waals surface area contributed by atoms with Gasteiger partial charge >= 0.3 is 0 Å². The average Bonchev–Trinajstić information content (AvgIpc) is 3.13. The Hall–Kier alpha value is -2.42. The second-order valence-electron chi connectivity index (χ2n) is 12.9. The average molecular weight is 499 g/mol. The van der Waals surface area contributed by atoms with Crippen LogP contribution in [0.15, 0.2) is 60.7 Å². The zero-order valence-electron chi connectivity index (χ0n) is 24.8. The van der Waals surface area contributed by atoms with Gasteiger partial charge in [0.2, 0.25) is 0 Å². The van der Waals surface area contributed by atoms with E-state index in [2.05, 4.69) is 117 Å². The van der Waals surface area contributed by atoms with Crippen LogP contribution in [0.1, 0.15) is 61.8 Å². The Morgan fingerprint density at radius 3 is 1.57 bits per heavy atom. The topological polar surface area (TPSA) is 0 Å². The largest absolute Gasteiger partial charge is 0.329 e. The van der Waals surface area contributed by atoms with Crippen molar-refractivity contribution in [1.29, 1.82) is 0 Å². The van der Waals surface area contributed by atoms with Crippen LogP contribution in [0.3, 0.4) is 0 Å². The molecule has 0 atom stereocenters. The molecule has 0 aliphatic heterocycles. The van der Waals surface area contributed by atoms with Gasteiger partial charge in [-0.1, -0.05) is 65.7 Å². The Labute approximate surface area is 227 Å². The van der Waals surface area contributed by atoms with Crippen LogP contribution in [0.2, 0.25) is 0 Å². The number of rotatable bonds is 11. The van der Waals surface area contributed by atoms with Crippen LogP contribution in [0, 0.1) is 13.8 Å². The Morgan fingerprint density at radius 1 is 0.568 bits per heavy atom. The quantitative estimate of drug-likeness (QED) is 0.235. The minimum absolute atomic E-state index is 0.0822. The predicted molar refractivity (Wildman–Crippen MR) is 161 cm³/mol. The third-order valence-electron chi connectivity index (χ3n) is 9.35. The van der Waals surface area contributed by atoms with Crippen LogP contribution >= 0.6 is 0 Å². The highest BCUT2D eigenvalue weighted by Gasteiger charge is 2.43. The number of nitrogens with zero attached hydrogens (tertiary/aromatic N) is 2. The molecule has 2 heteroatoms. The third kappa shape index (κ3) is 5.86. The second kappa shape index (κ2) is 10.8. The summed E-state index contributed by atoms with van der Waals surface area (Å²) in [5.74, 6) is 0. The molecule has 1 aliphatic rings. The van der Waals surface area contributed by atoms with Crippen molar-refractivity contribution >= 4 is 0 Å². The summed E-state index contributed by atoms with van der Waals surface area (Å²) in [6.45, 7) is 13.9. The van der Waals surface area contributed by atoms with Gasteiger partial charge in [-0.05, 0) is 92.8 Å². The van der Waals surface area contributed by atoms with E-state index in [0.717, 1.165) is 8.97 Å². The molecule has 0 saturated heterocycles. The van der Waals surface area contributed by atoms with Crippen molar-refractivity contribution < 1.29 is 8.97 Å². The SMILES string of the molecule is CC[N+](C)(C)CCCC1(CCC[N+](C)(C)CC)c2cc(C)ccc2-c2ccc(-c3ccc(C)cc3)cc21. The van der Waals surface area contributed by atoms with Crippen LogP contribution in [0.4, 0.5) is 0 Å². The van der Waals surface area contributed by atoms with Gasteiger partial charge in [0.05, 0.1) is 54.4 Å². The van der Waals surface area contributed by atoms with E-state index in [1.165, 1.54) is 85.2 Å². The van der Waals surface area contributed by atoms with Crippen molar-refractivity contribution in [3.8, 4) is 22.3 Å². The molecule has 4 rings (SSSR count). The molecular formula is C35H50N2+2. The number of aryl methyl sites for hydroxylation is 2. The number of hydrogen-bond acceptors (Lipinski definition) is 0. The minimum atomic E-state index is 0.0822. The number of fused-ring (bicyclic) bond motifs is 3. The lowest BCUT2D eigenvalue weighted by molar-refractivity contribution is -0.889. The number of quaternary nitrogens is 2. The Balaban J connectivity index is 1.82. The third-order valence-corrected chi connectivity index (χ3v) is 9.35. The van der Waals surface area contributed by atoms with E-state index in [4.69, 9.17) is 0 Å². The van der Waals surface area contributed by atoms with Crippen LogP contribution in [-0.4, -0.2) is 63.3 Å². The van der Waals surface area contributed by atoms with Gasteiger partial charge in [-0.15, -0.1) is 0 Å². The van der Waals surface area contributed by atoms with Crippen molar-refractivity contribution in [2.75, 3.05) is 54.4 Å². The van der Waals surface area contributed by atoms with E-state index in [1.54, 1.807) is 11.1 Å². The van der Waals surface area contributed by atoms with Crippen LogP contribution in [-0.2, 0) is 5.41 Å². The molecule has 0 aromatic heterocycles. The Bertz CT molecular complexity index is 1190. The molecule has 37 heavy (non-hydrogen) atoms. The van der Waals surface area contributed by atoms with E-state index >= 15 is 0 Å². The fourth-order valence-electron chi connectivity index (χ4n) is 6.13. The summed E-state index contributed by atoms with van der Waals surface area (Å²) in [5.41, 5.74) is 11.5. The van der Waals surface area contributed by atoms with E-state index in [1.807, 2.05) is 0 Å². The van der Waals surface area contributed by atoms with Crippen molar-refractivity contribution in [2.24, 2.45) is 0 Å². The second-order valence-corrected chi connectivity index (χ2v) is 12.9. The van der Waals surface area contributed by atoms with Crippen molar-refractivity contribution in [2.45, 2.75) is 58.8 Å². The maximum Gasteiger partial charge on any atom is 0.0782 e. The Morgan fingerprint density at radius 2 is 1.03 bits per heavy atom. The molecule has 0 unspecified atom stereocenters. The fraction of sp³-hybridized carbons (Fsp3) is 0.486. The Kier molecular flexibility index (Phi) is 8.02. The first-order valence-corrected chi connectivity index (χ1v) is 14.5. The van der Waals surface area contributed by atoms with Crippen LogP contribution in [0.25, 0.3) is 22.3 Å². The molecular weight excluding hydrogens is 448 g/mol. The molecule has 3 aromatic rings. The molecule has 1 aliphatic carbocycles. The van der Waals surface area contributed by atoms with E-state index in [0.29, 0.717) is 0 Å². The van der Waals surface area contributed by atoms with Gasteiger partial charge in [0.15, 0.2) is 0 Å². The summed E-state index contributed by atoms with van der Waals surface area (Å²) in [7, 11) is 9.52. The normalized spacial score (nSPS) is 14.5. The summed E-state index contributed by atoms with van der Waals surface area (Å²) in [4.78, 5) is 0. The first-order valence-electron chi connectivity index (χ1n) is 14.5. The summed E-state index contributed by atoms with van der Waals surface area (Å²) in [5, 5.41) is 0. The summed E-state index contributed by atoms with van der Waals surface area (Å²) >= 11 is 0. The van der Waals surface area contributed by atoms with Crippen molar-refractivity contribution in [1.82, 2.24) is 0 Å². The predicted octanol–water partition coefficient (Wildman–Crippen LogP) is 7.99. The number of benzene rings is 3. The maximum atomic E-state index is 2.55. The lowest BCUT2D eigenvalue weighted by Crippen LogP contribution is -2.42. The van der Waals surface area contributed by atoms with E-state index in [-0.39, 0.29) is 5.41 Å². The first-order chi connectivity index (χ1) is 17.5. The molecule has 0 fully saturated rings. The summed E-state index contributed by atoms with van der Waals surface area (Å²) < 4.78 is 2.18. The van der Waals surface area contributed by atoms with Gasteiger partial charge in [0, 0.05) is 5.41 Å². The summed E-state index contributed by atoms with van der Waals surface area (Å²) in [6, 6.07) is 23.6.